The molecule has 1 rings (SSSR count). The number of hydrogen-bond donors (Lipinski definition) is 0. The molecule has 0 saturated heterocycles. The molecular formula is C12H11ClINO. The summed E-state index contributed by atoms with van der Waals surface area (Å²) in [5.41, 5.74) is 0.505. The van der Waals surface area contributed by atoms with E-state index in [0.29, 0.717) is 10.6 Å². The number of nitrogens with zero attached hydrogens (tertiary/aromatic N) is 1. The maximum atomic E-state index is 12.0. The van der Waals surface area contributed by atoms with Crippen LogP contribution >= 0.6 is 34.2 Å². The van der Waals surface area contributed by atoms with Crippen LogP contribution in [0.3, 0.4) is 0 Å². The molecule has 1 aromatic carbocycles. The highest BCUT2D eigenvalue weighted by atomic mass is 127. The lowest BCUT2D eigenvalue weighted by Gasteiger charge is -2.11. The predicted molar refractivity (Wildman–Crippen MR) is 72.4 cm³/mol. The molecule has 0 heterocycles. The number of carbonyl (C=O) groups excluding carboxylic acids is 1. The maximum Gasteiger partial charge on any atom is 0.180 e. The fourth-order valence-electron chi connectivity index (χ4n) is 1.34. The first-order valence-electron chi connectivity index (χ1n) is 4.86. The van der Waals surface area contributed by atoms with E-state index in [9.17, 15) is 4.79 Å². The Morgan fingerprint density at radius 1 is 1.50 bits per heavy atom. The van der Waals surface area contributed by atoms with Crippen molar-refractivity contribution in [3.63, 3.8) is 0 Å². The van der Waals surface area contributed by atoms with Gasteiger partial charge in [0.2, 0.25) is 0 Å². The summed E-state index contributed by atoms with van der Waals surface area (Å²) < 4.78 is 0.897. The molecule has 0 aliphatic heterocycles. The first-order valence-corrected chi connectivity index (χ1v) is 6.32. The van der Waals surface area contributed by atoms with Crippen molar-refractivity contribution in [2.75, 3.05) is 0 Å². The van der Waals surface area contributed by atoms with Crippen LogP contribution in [0.15, 0.2) is 18.2 Å². The normalized spacial score (nSPS) is 12.2. The van der Waals surface area contributed by atoms with Crippen molar-refractivity contribution in [2.24, 2.45) is 11.8 Å². The lowest BCUT2D eigenvalue weighted by atomic mass is 9.89. The number of hydrogen-bond acceptors (Lipinski definition) is 2. The van der Waals surface area contributed by atoms with Crippen molar-refractivity contribution >= 4 is 40.0 Å². The summed E-state index contributed by atoms with van der Waals surface area (Å²) >= 11 is 8.04. The average Bonchev–Trinajstić information content (AvgIpc) is 2.22. The molecule has 2 nitrogen and oxygen atoms in total. The molecule has 0 fully saturated rings. The fourth-order valence-corrected chi connectivity index (χ4v) is 1.86. The first-order chi connectivity index (χ1) is 7.47. The number of rotatable bonds is 3. The standard InChI is InChI=1S/C12H11ClINO/c1-7(2)9(6-15)12(16)8-3-4-11(14)10(13)5-8/h3-5,7,9H,1-2H3. The van der Waals surface area contributed by atoms with Crippen LogP contribution in [0.25, 0.3) is 0 Å². The summed E-state index contributed by atoms with van der Waals surface area (Å²) in [6, 6.07) is 7.16. The van der Waals surface area contributed by atoms with Crippen LogP contribution in [-0.2, 0) is 0 Å². The summed E-state index contributed by atoms with van der Waals surface area (Å²) in [5.74, 6) is -0.748. The molecular weight excluding hydrogens is 336 g/mol. The summed E-state index contributed by atoms with van der Waals surface area (Å²) in [6.07, 6.45) is 0. The third kappa shape index (κ3) is 2.96. The quantitative estimate of drug-likeness (QED) is 0.614. The van der Waals surface area contributed by atoms with Gasteiger partial charge >= 0.3 is 0 Å². The Bertz CT molecular complexity index is 451. The maximum absolute atomic E-state index is 12.0. The predicted octanol–water partition coefficient (Wildman–Crippen LogP) is 3.92. The van der Waals surface area contributed by atoms with Crippen LogP contribution in [0.2, 0.25) is 5.02 Å². The van der Waals surface area contributed by atoms with Gasteiger partial charge in [-0.3, -0.25) is 4.79 Å². The molecule has 0 N–H and O–H groups in total. The molecule has 0 aliphatic rings. The van der Waals surface area contributed by atoms with Crippen LogP contribution < -0.4 is 0 Å². The fraction of sp³-hybridized carbons (Fsp3) is 0.333. The van der Waals surface area contributed by atoms with Crippen molar-refractivity contribution in [2.45, 2.75) is 13.8 Å². The van der Waals surface area contributed by atoms with Crippen LogP contribution in [0.1, 0.15) is 24.2 Å². The van der Waals surface area contributed by atoms with Gasteiger partial charge < -0.3 is 0 Å². The highest BCUT2D eigenvalue weighted by Crippen LogP contribution is 2.23. The second-order valence-electron chi connectivity index (χ2n) is 3.84. The highest BCUT2D eigenvalue weighted by Gasteiger charge is 2.23. The van der Waals surface area contributed by atoms with E-state index in [2.05, 4.69) is 22.6 Å². The minimum atomic E-state index is -0.601. The summed E-state index contributed by atoms with van der Waals surface area (Å²) in [5, 5.41) is 9.49. The summed E-state index contributed by atoms with van der Waals surface area (Å²) in [7, 11) is 0. The first kappa shape index (κ1) is 13.5. The largest absolute Gasteiger partial charge is 0.293 e. The number of nitriles is 1. The summed E-state index contributed by atoms with van der Waals surface area (Å²) in [4.78, 5) is 12.0. The van der Waals surface area contributed by atoms with Gasteiger partial charge in [0.25, 0.3) is 0 Å². The molecule has 0 aromatic heterocycles. The molecule has 1 unspecified atom stereocenters. The minimum absolute atomic E-state index is 0.00977. The Hall–Kier alpha value is -0.600. The zero-order valence-electron chi connectivity index (χ0n) is 9.00. The Labute approximate surface area is 114 Å². The Morgan fingerprint density at radius 3 is 2.56 bits per heavy atom. The topological polar surface area (TPSA) is 40.9 Å². The molecule has 16 heavy (non-hydrogen) atoms. The van der Waals surface area contributed by atoms with E-state index in [4.69, 9.17) is 16.9 Å². The number of ketones is 1. The third-order valence-electron chi connectivity index (χ3n) is 2.29. The number of benzene rings is 1. The van der Waals surface area contributed by atoms with Gasteiger partial charge in [0.15, 0.2) is 5.78 Å². The van der Waals surface area contributed by atoms with E-state index in [-0.39, 0.29) is 11.7 Å². The minimum Gasteiger partial charge on any atom is -0.293 e. The zero-order chi connectivity index (χ0) is 12.3. The molecule has 1 aromatic rings. The van der Waals surface area contributed by atoms with E-state index in [1.165, 1.54) is 0 Å². The van der Waals surface area contributed by atoms with Gasteiger partial charge in [-0.05, 0) is 40.6 Å². The van der Waals surface area contributed by atoms with Crippen molar-refractivity contribution in [3.05, 3.63) is 32.4 Å². The monoisotopic (exact) mass is 347 g/mol. The highest BCUT2D eigenvalue weighted by molar-refractivity contribution is 14.1. The number of halogens is 2. The second-order valence-corrected chi connectivity index (χ2v) is 5.41. The second kappa shape index (κ2) is 5.65. The molecule has 0 radical (unpaired) electrons. The van der Waals surface area contributed by atoms with E-state index < -0.39 is 5.92 Å². The van der Waals surface area contributed by atoms with Gasteiger partial charge in [-0.2, -0.15) is 5.26 Å². The van der Waals surface area contributed by atoms with E-state index in [1.54, 1.807) is 18.2 Å². The molecule has 0 aliphatic carbocycles. The van der Waals surface area contributed by atoms with Gasteiger partial charge in [0, 0.05) is 9.13 Å². The van der Waals surface area contributed by atoms with Crippen LogP contribution in [0.4, 0.5) is 0 Å². The number of carbonyl (C=O) groups is 1. The molecule has 0 saturated carbocycles. The van der Waals surface area contributed by atoms with Gasteiger partial charge in [-0.25, -0.2) is 0 Å². The molecule has 0 amide bonds. The van der Waals surface area contributed by atoms with Gasteiger partial charge in [0.1, 0.15) is 5.92 Å². The van der Waals surface area contributed by atoms with Crippen LogP contribution in [-0.4, -0.2) is 5.78 Å². The molecule has 4 heteroatoms. The van der Waals surface area contributed by atoms with Crippen molar-refractivity contribution in [3.8, 4) is 6.07 Å². The van der Waals surface area contributed by atoms with Gasteiger partial charge in [-0.1, -0.05) is 31.5 Å². The Morgan fingerprint density at radius 2 is 2.12 bits per heavy atom. The third-order valence-corrected chi connectivity index (χ3v) is 3.86. The average molecular weight is 348 g/mol. The Balaban J connectivity index is 3.06. The van der Waals surface area contributed by atoms with Crippen molar-refractivity contribution < 1.29 is 4.79 Å². The van der Waals surface area contributed by atoms with Crippen LogP contribution in [0, 0.1) is 26.7 Å². The van der Waals surface area contributed by atoms with Crippen molar-refractivity contribution in [1.82, 2.24) is 0 Å². The Kier molecular flexibility index (Phi) is 4.75. The smallest absolute Gasteiger partial charge is 0.180 e. The lowest BCUT2D eigenvalue weighted by Crippen LogP contribution is -2.18. The van der Waals surface area contributed by atoms with E-state index in [1.807, 2.05) is 19.9 Å². The number of Topliss-reactive ketones (excluding diaryl/α,β-unsaturated/α-hetero) is 1. The van der Waals surface area contributed by atoms with Gasteiger partial charge in [-0.15, -0.1) is 0 Å². The molecule has 0 bridgehead atoms. The lowest BCUT2D eigenvalue weighted by molar-refractivity contribution is 0.0924. The van der Waals surface area contributed by atoms with Crippen molar-refractivity contribution in [1.29, 1.82) is 5.26 Å². The van der Waals surface area contributed by atoms with Gasteiger partial charge in [0.05, 0.1) is 11.1 Å². The molecule has 84 valence electrons. The molecule has 1 atom stereocenters. The van der Waals surface area contributed by atoms with E-state index in [0.717, 1.165) is 3.57 Å². The van der Waals surface area contributed by atoms with E-state index >= 15 is 0 Å². The van der Waals surface area contributed by atoms with Crippen LogP contribution in [0.5, 0.6) is 0 Å². The SMILES string of the molecule is CC(C)C(C#N)C(=O)c1ccc(I)c(Cl)c1. The summed E-state index contributed by atoms with van der Waals surface area (Å²) in [6.45, 7) is 3.72. The zero-order valence-corrected chi connectivity index (χ0v) is 11.9. The molecule has 0 spiro atoms.